The highest BCUT2D eigenvalue weighted by Gasteiger charge is 2.11. The normalized spacial score (nSPS) is 10.3. The molecule has 1 amide bonds. The number of anilines is 3. The maximum atomic E-state index is 12.5. The minimum atomic E-state index is -0.290. The van der Waals surface area contributed by atoms with E-state index in [1.807, 2.05) is 25.1 Å². The molecule has 3 aromatic rings. The van der Waals surface area contributed by atoms with Gasteiger partial charge in [-0.05, 0) is 48.9 Å². The number of hydrogen-bond acceptors (Lipinski definition) is 5. The molecule has 0 unspecified atom stereocenters. The van der Waals surface area contributed by atoms with Gasteiger partial charge in [-0.3, -0.25) is 4.79 Å². The maximum absolute atomic E-state index is 12.5. The molecule has 6 nitrogen and oxygen atoms in total. The van der Waals surface area contributed by atoms with Gasteiger partial charge >= 0.3 is 0 Å². The molecule has 1 heterocycles. The van der Waals surface area contributed by atoms with E-state index in [9.17, 15) is 4.79 Å². The van der Waals surface area contributed by atoms with Crippen LogP contribution in [-0.4, -0.2) is 25.1 Å². The molecule has 0 aliphatic heterocycles. The number of rotatable bonds is 6. The number of ether oxygens (including phenoxy) is 2. The monoisotopic (exact) mass is 397 g/mol. The van der Waals surface area contributed by atoms with E-state index < -0.39 is 0 Å². The summed E-state index contributed by atoms with van der Waals surface area (Å²) in [6, 6.07) is 14.2. The summed E-state index contributed by atoms with van der Waals surface area (Å²) in [6.07, 6.45) is 1.51. The van der Waals surface area contributed by atoms with Crippen molar-refractivity contribution >= 4 is 34.7 Å². The van der Waals surface area contributed by atoms with E-state index in [0.717, 1.165) is 11.3 Å². The number of aryl methyl sites for hydroxylation is 1. The Morgan fingerprint density at radius 2 is 1.82 bits per heavy atom. The van der Waals surface area contributed by atoms with Gasteiger partial charge in [0.15, 0.2) is 0 Å². The summed E-state index contributed by atoms with van der Waals surface area (Å²) in [5.74, 6) is 1.48. The van der Waals surface area contributed by atoms with Gasteiger partial charge in [-0.1, -0.05) is 17.7 Å². The Labute approximate surface area is 168 Å². The smallest absolute Gasteiger partial charge is 0.257 e. The van der Waals surface area contributed by atoms with E-state index in [-0.39, 0.29) is 5.91 Å². The zero-order chi connectivity index (χ0) is 20.1. The van der Waals surface area contributed by atoms with Crippen LogP contribution in [0.2, 0.25) is 5.02 Å². The van der Waals surface area contributed by atoms with Gasteiger partial charge in [0.2, 0.25) is 0 Å². The van der Waals surface area contributed by atoms with Gasteiger partial charge in [-0.25, -0.2) is 4.98 Å². The molecule has 0 aliphatic rings. The van der Waals surface area contributed by atoms with Gasteiger partial charge in [0.1, 0.15) is 17.3 Å². The van der Waals surface area contributed by atoms with E-state index in [4.69, 9.17) is 21.1 Å². The molecule has 0 spiro atoms. The molecule has 0 saturated heterocycles. The van der Waals surface area contributed by atoms with Crippen LogP contribution in [0.1, 0.15) is 15.9 Å². The van der Waals surface area contributed by atoms with Crippen LogP contribution in [0.25, 0.3) is 0 Å². The maximum Gasteiger partial charge on any atom is 0.257 e. The first-order chi connectivity index (χ1) is 13.5. The van der Waals surface area contributed by atoms with Crippen LogP contribution in [0, 0.1) is 6.92 Å². The number of aromatic nitrogens is 1. The lowest BCUT2D eigenvalue weighted by atomic mass is 10.2. The minimum absolute atomic E-state index is 0.290. The molecule has 144 valence electrons. The highest BCUT2D eigenvalue weighted by Crippen LogP contribution is 2.29. The third-order valence-electron chi connectivity index (χ3n) is 4.14. The van der Waals surface area contributed by atoms with Crippen molar-refractivity contribution in [1.82, 2.24) is 4.98 Å². The van der Waals surface area contributed by atoms with Crippen LogP contribution < -0.4 is 20.1 Å². The summed E-state index contributed by atoms with van der Waals surface area (Å²) in [7, 11) is 3.10. The summed E-state index contributed by atoms with van der Waals surface area (Å²) < 4.78 is 10.5. The first kappa shape index (κ1) is 19.5. The Kier molecular flexibility index (Phi) is 6.01. The minimum Gasteiger partial charge on any atom is -0.497 e. The molecule has 0 atom stereocenters. The summed E-state index contributed by atoms with van der Waals surface area (Å²) in [4.78, 5) is 16.8. The number of amides is 1. The molecule has 0 bridgehead atoms. The van der Waals surface area contributed by atoms with Gasteiger partial charge < -0.3 is 20.1 Å². The van der Waals surface area contributed by atoms with Crippen LogP contribution in [0.15, 0.2) is 54.7 Å². The summed E-state index contributed by atoms with van der Waals surface area (Å²) in [5.41, 5.74) is 2.87. The largest absolute Gasteiger partial charge is 0.497 e. The molecule has 2 N–H and O–H groups in total. The molecule has 1 aromatic heterocycles. The first-order valence-electron chi connectivity index (χ1n) is 8.53. The molecule has 7 heteroatoms. The van der Waals surface area contributed by atoms with Crippen LogP contribution in [0.4, 0.5) is 17.2 Å². The van der Waals surface area contributed by atoms with Crippen molar-refractivity contribution in [2.75, 3.05) is 24.9 Å². The third kappa shape index (κ3) is 4.53. The van der Waals surface area contributed by atoms with Crippen LogP contribution in [-0.2, 0) is 0 Å². The van der Waals surface area contributed by atoms with Crippen LogP contribution >= 0.6 is 11.6 Å². The quantitative estimate of drug-likeness (QED) is 0.608. The molecule has 0 fully saturated rings. The predicted molar refractivity (Wildman–Crippen MR) is 111 cm³/mol. The molecule has 2 aromatic carbocycles. The molecule has 28 heavy (non-hydrogen) atoms. The lowest BCUT2D eigenvalue weighted by Crippen LogP contribution is -2.13. The highest BCUT2D eigenvalue weighted by molar-refractivity contribution is 6.30. The zero-order valence-electron chi connectivity index (χ0n) is 15.7. The number of carbonyl (C=O) groups is 1. The molecule has 0 saturated carbocycles. The number of carbonyl (C=O) groups excluding carboxylic acids is 1. The van der Waals surface area contributed by atoms with Crippen molar-refractivity contribution in [1.29, 1.82) is 0 Å². The second-order valence-electron chi connectivity index (χ2n) is 6.04. The van der Waals surface area contributed by atoms with E-state index >= 15 is 0 Å². The van der Waals surface area contributed by atoms with Crippen molar-refractivity contribution in [2.24, 2.45) is 0 Å². The van der Waals surface area contributed by atoms with Crippen LogP contribution in [0.3, 0.4) is 0 Å². The fraction of sp³-hybridized carbons (Fsp3) is 0.143. The van der Waals surface area contributed by atoms with Crippen LogP contribution in [0.5, 0.6) is 11.5 Å². The molecular weight excluding hydrogens is 378 g/mol. The van der Waals surface area contributed by atoms with E-state index in [1.165, 1.54) is 13.3 Å². The second-order valence-corrected chi connectivity index (χ2v) is 6.47. The second kappa shape index (κ2) is 8.63. The number of nitrogens with one attached hydrogen (secondary N) is 2. The van der Waals surface area contributed by atoms with Gasteiger partial charge in [0.25, 0.3) is 5.91 Å². The number of methoxy groups -OCH3 is 2. The SMILES string of the molecule is COc1ccc(NC(=O)c2ccc(Nc3cc(Cl)ccc3C)nc2)c(OC)c1. The van der Waals surface area contributed by atoms with E-state index in [1.54, 1.807) is 37.4 Å². The van der Waals surface area contributed by atoms with Crippen molar-refractivity contribution in [3.63, 3.8) is 0 Å². The lowest BCUT2D eigenvalue weighted by Gasteiger charge is -2.12. The average molecular weight is 398 g/mol. The topological polar surface area (TPSA) is 72.5 Å². The predicted octanol–water partition coefficient (Wildman–Crippen LogP) is 5.06. The lowest BCUT2D eigenvalue weighted by molar-refractivity contribution is 0.102. The van der Waals surface area contributed by atoms with Gasteiger partial charge in [-0.2, -0.15) is 0 Å². The zero-order valence-corrected chi connectivity index (χ0v) is 16.5. The average Bonchev–Trinajstić information content (AvgIpc) is 2.71. The van der Waals surface area contributed by atoms with E-state index in [0.29, 0.717) is 33.6 Å². The fourth-order valence-corrected chi connectivity index (χ4v) is 2.74. The van der Waals surface area contributed by atoms with E-state index in [2.05, 4.69) is 15.6 Å². The fourth-order valence-electron chi connectivity index (χ4n) is 2.57. The van der Waals surface area contributed by atoms with Gasteiger partial charge in [-0.15, -0.1) is 0 Å². The number of nitrogens with zero attached hydrogens (tertiary/aromatic N) is 1. The Hall–Kier alpha value is -3.25. The molecule has 3 rings (SSSR count). The Morgan fingerprint density at radius 3 is 2.50 bits per heavy atom. The highest BCUT2D eigenvalue weighted by atomic mass is 35.5. The Bertz CT molecular complexity index is 991. The molecule has 0 aliphatic carbocycles. The summed E-state index contributed by atoms with van der Waals surface area (Å²) in [5, 5.41) is 6.65. The van der Waals surface area contributed by atoms with Gasteiger partial charge in [0.05, 0.1) is 25.5 Å². The van der Waals surface area contributed by atoms with Gasteiger partial charge in [0, 0.05) is 23.0 Å². The number of halogens is 1. The van der Waals surface area contributed by atoms with Crippen molar-refractivity contribution in [2.45, 2.75) is 6.92 Å². The van der Waals surface area contributed by atoms with Crippen molar-refractivity contribution in [3.8, 4) is 11.5 Å². The number of hydrogen-bond donors (Lipinski definition) is 2. The van der Waals surface area contributed by atoms with Crippen molar-refractivity contribution < 1.29 is 14.3 Å². The van der Waals surface area contributed by atoms with Crippen molar-refractivity contribution in [3.05, 3.63) is 70.9 Å². The Balaban J connectivity index is 1.73. The standard InChI is InChI=1S/C21H20ClN3O3/c1-13-4-6-15(22)10-18(13)24-20-9-5-14(12-23-20)21(26)25-17-8-7-16(27-2)11-19(17)28-3/h4-12H,1-3H3,(H,23,24)(H,25,26). The molecule has 0 radical (unpaired) electrons. The number of benzene rings is 2. The Morgan fingerprint density at radius 1 is 1.00 bits per heavy atom. The summed E-state index contributed by atoms with van der Waals surface area (Å²) in [6.45, 7) is 1.97. The number of pyridine rings is 1. The molecular formula is C21H20ClN3O3. The third-order valence-corrected chi connectivity index (χ3v) is 4.38. The summed E-state index contributed by atoms with van der Waals surface area (Å²) >= 11 is 6.04. The first-order valence-corrected chi connectivity index (χ1v) is 8.90.